The second kappa shape index (κ2) is 6.48. The van der Waals surface area contributed by atoms with Crippen LogP contribution < -0.4 is 4.74 Å². The Bertz CT molecular complexity index is 973. The van der Waals surface area contributed by atoms with Gasteiger partial charge in [0.25, 0.3) is 0 Å². The Labute approximate surface area is 152 Å². The largest absolute Gasteiger partial charge is 0.495 e. The average molecular weight is 383 g/mol. The van der Waals surface area contributed by atoms with Crippen molar-refractivity contribution in [3.8, 4) is 17.0 Å². The lowest BCUT2D eigenvalue weighted by Gasteiger charge is -2.10. The van der Waals surface area contributed by atoms with Gasteiger partial charge < -0.3 is 9.84 Å². The van der Waals surface area contributed by atoms with Crippen molar-refractivity contribution in [2.75, 3.05) is 7.11 Å². The predicted octanol–water partition coefficient (Wildman–Crippen LogP) is 5.57. The molecule has 3 aromatic rings. The van der Waals surface area contributed by atoms with Crippen LogP contribution in [0.3, 0.4) is 0 Å². The first-order valence-corrected chi connectivity index (χ1v) is 7.91. The Morgan fingerprint density at radius 3 is 2.46 bits per heavy atom. The van der Waals surface area contributed by atoms with Gasteiger partial charge in [0.2, 0.25) is 0 Å². The lowest BCUT2D eigenvalue weighted by Crippen LogP contribution is -2.01. The number of carboxylic acid groups (broad SMARTS) is 1. The number of methoxy groups -OCH3 is 1. The minimum atomic E-state index is -1.10. The number of carboxylic acids is 1. The average Bonchev–Trinajstić information content (AvgIpc) is 2.53. The molecule has 1 aromatic heterocycles. The Morgan fingerprint density at radius 1 is 1.08 bits per heavy atom. The van der Waals surface area contributed by atoms with Crippen LogP contribution in [0.2, 0.25) is 15.1 Å². The van der Waals surface area contributed by atoms with E-state index in [0.29, 0.717) is 38.0 Å². The minimum Gasteiger partial charge on any atom is -0.495 e. The lowest BCUT2D eigenvalue weighted by molar-refractivity contribution is 0.0699. The zero-order valence-electron chi connectivity index (χ0n) is 12.3. The number of hydrogen-bond acceptors (Lipinski definition) is 3. The summed E-state index contributed by atoms with van der Waals surface area (Å²) in [4.78, 5) is 16.1. The monoisotopic (exact) mass is 381 g/mol. The van der Waals surface area contributed by atoms with Crippen molar-refractivity contribution in [3.05, 3.63) is 57.0 Å². The van der Waals surface area contributed by atoms with Crippen LogP contribution in [0.4, 0.5) is 0 Å². The number of halogens is 3. The topological polar surface area (TPSA) is 59.4 Å². The molecule has 0 radical (unpaired) electrons. The molecule has 0 aliphatic heterocycles. The summed E-state index contributed by atoms with van der Waals surface area (Å²) in [7, 11) is 1.52. The molecule has 0 aliphatic carbocycles. The third-order valence-electron chi connectivity index (χ3n) is 3.51. The number of ether oxygens (including phenoxy) is 1. The van der Waals surface area contributed by atoms with Crippen LogP contribution in [0.15, 0.2) is 36.4 Å². The van der Waals surface area contributed by atoms with Crippen LogP contribution in [0.1, 0.15) is 10.4 Å². The van der Waals surface area contributed by atoms with E-state index in [0.717, 1.165) is 0 Å². The molecule has 0 unspecified atom stereocenters. The Hall–Kier alpha value is -2.01. The Kier molecular flexibility index (Phi) is 4.54. The number of benzene rings is 2. The van der Waals surface area contributed by atoms with Gasteiger partial charge in [0.1, 0.15) is 5.75 Å². The molecule has 24 heavy (non-hydrogen) atoms. The number of rotatable bonds is 3. The molecule has 0 saturated heterocycles. The summed E-state index contributed by atoms with van der Waals surface area (Å²) in [6, 6.07) is 9.61. The Balaban J connectivity index is 2.30. The molecule has 122 valence electrons. The standard InChI is InChI=1S/C17H10Cl3NO3/c1-24-15-3-2-8(4-12(15)19)14-7-11(17(22)23)10-5-9(18)6-13(20)16(10)21-14/h2-7H,1H3,(H,22,23). The van der Waals surface area contributed by atoms with Gasteiger partial charge in [-0.2, -0.15) is 0 Å². The number of fused-ring (bicyclic) bond motifs is 1. The summed E-state index contributed by atoms with van der Waals surface area (Å²) in [5.41, 5.74) is 1.51. The van der Waals surface area contributed by atoms with Gasteiger partial charge in [-0.15, -0.1) is 0 Å². The van der Waals surface area contributed by atoms with E-state index >= 15 is 0 Å². The van der Waals surface area contributed by atoms with E-state index in [1.807, 2.05) is 0 Å². The van der Waals surface area contributed by atoms with Crippen LogP contribution in [0.5, 0.6) is 5.75 Å². The quantitative estimate of drug-likeness (QED) is 0.643. The fourth-order valence-electron chi connectivity index (χ4n) is 2.40. The van der Waals surface area contributed by atoms with Crippen molar-refractivity contribution >= 4 is 51.7 Å². The molecule has 0 bridgehead atoms. The third kappa shape index (κ3) is 3.00. The Morgan fingerprint density at radius 2 is 1.83 bits per heavy atom. The lowest BCUT2D eigenvalue weighted by atomic mass is 10.0. The molecule has 1 heterocycles. The van der Waals surface area contributed by atoms with Gasteiger partial charge in [-0.05, 0) is 36.4 Å². The summed E-state index contributed by atoms with van der Waals surface area (Å²) < 4.78 is 5.12. The van der Waals surface area contributed by atoms with E-state index in [-0.39, 0.29) is 10.6 Å². The van der Waals surface area contributed by atoms with E-state index in [9.17, 15) is 9.90 Å². The summed E-state index contributed by atoms with van der Waals surface area (Å²) >= 11 is 18.3. The van der Waals surface area contributed by atoms with Crippen LogP contribution in [0, 0.1) is 0 Å². The van der Waals surface area contributed by atoms with Crippen LogP contribution in [0.25, 0.3) is 22.2 Å². The van der Waals surface area contributed by atoms with Gasteiger partial charge in [0.05, 0.1) is 33.9 Å². The first-order valence-electron chi connectivity index (χ1n) is 6.77. The molecule has 0 aliphatic rings. The highest BCUT2D eigenvalue weighted by atomic mass is 35.5. The number of carbonyl (C=O) groups is 1. The second-order valence-electron chi connectivity index (χ2n) is 4.99. The highest BCUT2D eigenvalue weighted by Gasteiger charge is 2.16. The number of aromatic nitrogens is 1. The first kappa shape index (κ1) is 16.8. The van der Waals surface area contributed by atoms with Gasteiger partial charge in [0, 0.05) is 16.0 Å². The fraction of sp³-hybridized carbons (Fsp3) is 0.0588. The molecule has 2 aromatic carbocycles. The van der Waals surface area contributed by atoms with Crippen molar-refractivity contribution in [2.24, 2.45) is 0 Å². The second-order valence-corrected chi connectivity index (χ2v) is 6.24. The van der Waals surface area contributed by atoms with Crippen molar-refractivity contribution in [1.82, 2.24) is 4.98 Å². The predicted molar refractivity (Wildman–Crippen MR) is 95.7 cm³/mol. The van der Waals surface area contributed by atoms with E-state index in [1.165, 1.54) is 25.3 Å². The van der Waals surface area contributed by atoms with E-state index in [1.54, 1.807) is 18.2 Å². The number of hydrogen-bond donors (Lipinski definition) is 1. The molecule has 1 N–H and O–H groups in total. The summed E-state index contributed by atoms with van der Waals surface area (Å²) in [5, 5.41) is 10.9. The molecule has 4 nitrogen and oxygen atoms in total. The number of pyridine rings is 1. The molecule has 0 amide bonds. The van der Waals surface area contributed by atoms with E-state index in [2.05, 4.69) is 4.98 Å². The van der Waals surface area contributed by atoms with Gasteiger partial charge in [-0.3, -0.25) is 0 Å². The highest BCUT2D eigenvalue weighted by Crippen LogP contribution is 2.34. The number of aromatic carboxylic acids is 1. The molecule has 0 saturated carbocycles. The van der Waals surface area contributed by atoms with Gasteiger partial charge >= 0.3 is 5.97 Å². The van der Waals surface area contributed by atoms with E-state index < -0.39 is 5.97 Å². The SMILES string of the molecule is COc1ccc(-c2cc(C(=O)O)c3cc(Cl)cc(Cl)c3n2)cc1Cl. The third-order valence-corrected chi connectivity index (χ3v) is 4.31. The summed E-state index contributed by atoms with van der Waals surface area (Å²) in [6.45, 7) is 0. The normalized spacial score (nSPS) is 10.8. The smallest absolute Gasteiger partial charge is 0.336 e. The molecular formula is C17H10Cl3NO3. The molecule has 0 spiro atoms. The zero-order chi connectivity index (χ0) is 17.4. The molecule has 0 fully saturated rings. The molecular weight excluding hydrogens is 373 g/mol. The van der Waals surface area contributed by atoms with Gasteiger partial charge in [0.15, 0.2) is 0 Å². The maximum absolute atomic E-state index is 11.6. The maximum atomic E-state index is 11.6. The highest BCUT2D eigenvalue weighted by molar-refractivity contribution is 6.38. The summed E-state index contributed by atoms with van der Waals surface area (Å²) in [5.74, 6) is -0.578. The van der Waals surface area contributed by atoms with Crippen molar-refractivity contribution in [2.45, 2.75) is 0 Å². The molecule has 0 atom stereocenters. The maximum Gasteiger partial charge on any atom is 0.336 e. The van der Waals surface area contributed by atoms with Crippen LogP contribution >= 0.6 is 34.8 Å². The van der Waals surface area contributed by atoms with Crippen LogP contribution in [-0.2, 0) is 0 Å². The van der Waals surface area contributed by atoms with Crippen molar-refractivity contribution in [3.63, 3.8) is 0 Å². The number of nitrogens with zero attached hydrogens (tertiary/aromatic N) is 1. The van der Waals surface area contributed by atoms with Gasteiger partial charge in [-0.1, -0.05) is 34.8 Å². The van der Waals surface area contributed by atoms with Crippen LogP contribution in [-0.4, -0.2) is 23.2 Å². The minimum absolute atomic E-state index is 0.0614. The zero-order valence-corrected chi connectivity index (χ0v) is 14.6. The van der Waals surface area contributed by atoms with Crippen molar-refractivity contribution in [1.29, 1.82) is 0 Å². The van der Waals surface area contributed by atoms with Gasteiger partial charge in [-0.25, -0.2) is 9.78 Å². The molecule has 3 rings (SSSR count). The first-order chi connectivity index (χ1) is 11.4. The molecule has 7 heteroatoms. The van der Waals surface area contributed by atoms with Crippen molar-refractivity contribution < 1.29 is 14.6 Å². The fourth-order valence-corrected chi connectivity index (χ4v) is 3.20. The van der Waals surface area contributed by atoms with E-state index in [4.69, 9.17) is 39.5 Å². The summed E-state index contributed by atoms with van der Waals surface area (Å²) in [6.07, 6.45) is 0.